The van der Waals surface area contributed by atoms with Crippen molar-refractivity contribution in [2.75, 3.05) is 13.2 Å². The van der Waals surface area contributed by atoms with E-state index in [1.807, 2.05) is 24.3 Å². The van der Waals surface area contributed by atoms with Crippen LogP contribution in [0.2, 0.25) is 10.0 Å². The standard InChI is InChI=1S/C20H13Cl2N3O3S/c21-12-5-6-15(13(22)11-12)27-9-10-28-20(26)18-17(23-7-8-24-18)19-25-14-3-1-2-4-16(14)29-19/h1-8,11H,9-10H2. The lowest BCUT2D eigenvalue weighted by Gasteiger charge is -2.09. The number of rotatable bonds is 6. The monoisotopic (exact) mass is 445 g/mol. The number of benzene rings is 2. The predicted molar refractivity (Wildman–Crippen MR) is 113 cm³/mol. The summed E-state index contributed by atoms with van der Waals surface area (Å²) in [5, 5.41) is 1.50. The second-order valence-corrected chi connectivity index (χ2v) is 7.67. The lowest BCUT2D eigenvalue weighted by Crippen LogP contribution is -2.15. The molecule has 6 nitrogen and oxygen atoms in total. The van der Waals surface area contributed by atoms with Crippen LogP contribution in [0.5, 0.6) is 5.75 Å². The Hall–Kier alpha value is -2.74. The molecule has 0 N–H and O–H groups in total. The van der Waals surface area contributed by atoms with Crippen LogP contribution in [0.1, 0.15) is 10.5 Å². The second-order valence-electron chi connectivity index (χ2n) is 5.80. The number of nitrogens with zero attached hydrogens (tertiary/aromatic N) is 3. The van der Waals surface area contributed by atoms with Crippen LogP contribution < -0.4 is 4.74 Å². The zero-order valence-electron chi connectivity index (χ0n) is 14.8. The van der Waals surface area contributed by atoms with Crippen LogP contribution >= 0.6 is 34.5 Å². The number of ether oxygens (including phenoxy) is 2. The Bertz CT molecular complexity index is 1150. The maximum atomic E-state index is 12.5. The smallest absolute Gasteiger partial charge is 0.359 e. The first-order valence-corrected chi connectivity index (χ1v) is 10.1. The molecule has 0 amide bonds. The van der Waals surface area contributed by atoms with E-state index >= 15 is 0 Å². The van der Waals surface area contributed by atoms with Crippen LogP contribution in [0.3, 0.4) is 0 Å². The number of carbonyl (C=O) groups excluding carboxylic acids is 1. The minimum Gasteiger partial charge on any atom is -0.488 e. The molecule has 0 fully saturated rings. The molecule has 0 aliphatic carbocycles. The highest BCUT2D eigenvalue weighted by atomic mass is 35.5. The molecule has 0 unspecified atom stereocenters. The normalized spacial score (nSPS) is 10.8. The molecule has 4 rings (SSSR count). The Morgan fingerprint density at radius 3 is 2.69 bits per heavy atom. The van der Waals surface area contributed by atoms with Gasteiger partial charge in [0.05, 0.1) is 15.2 Å². The first kappa shape index (κ1) is 19.6. The number of hydrogen-bond acceptors (Lipinski definition) is 7. The fourth-order valence-electron chi connectivity index (χ4n) is 2.56. The number of fused-ring (bicyclic) bond motifs is 1. The van der Waals surface area contributed by atoms with Crippen molar-refractivity contribution in [3.05, 3.63) is 70.6 Å². The van der Waals surface area contributed by atoms with Crippen LogP contribution in [0, 0.1) is 0 Å². The van der Waals surface area contributed by atoms with Gasteiger partial charge in [-0.15, -0.1) is 11.3 Å². The third kappa shape index (κ3) is 4.48. The van der Waals surface area contributed by atoms with E-state index in [1.54, 1.807) is 18.2 Å². The largest absolute Gasteiger partial charge is 0.488 e. The highest BCUT2D eigenvalue weighted by Gasteiger charge is 2.20. The quantitative estimate of drug-likeness (QED) is 0.296. The number of halogens is 2. The minimum atomic E-state index is -0.599. The second kappa shape index (κ2) is 8.73. The SMILES string of the molecule is O=C(OCCOc1ccc(Cl)cc1Cl)c1nccnc1-c1nc2ccccc2s1. The molecular weight excluding hydrogens is 433 g/mol. The van der Waals surface area contributed by atoms with Crippen molar-refractivity contribution >= 4 is 50.7 Å². The Morgan fingerprint density at radius 1 is 1.03 bits per heavy atom. The first-order chi connectivity index (χ1) is 14.1. The van der Waals surface area contributed by atoms with E-state index in [2.05, 4.69) is 15.0 Å². The molecule has 0 aliphatic rings. The summed E-state index contributed by atoms with van der Waals surface area (Å²) in [7, 11) is 0. The molecule has 0 saturated heterocycles. The fraction of sp³-hybridized carbons (Fsp3) is 0.100. The van der Waals surface area contributed by atoms with E-state index in [-0.39, 0.29) is 18.9 Å². The maximum Gasteiger partial charge on any atom is 0.359 e. The third-order valence-corrected chi connectivity index (χ3v) is 5.43. The molecule has 0 spiro atoms. The topological polar surface area (TPSA) is 74.2 Å². The summed E-state index contributed by atoms with van der Waals surface area (Å²) in [6, 6.07) is 12.6. The highest BCUT2D eigenvalue weighted by Crippen LogP contribution is 2.30. The Balaban J connectivity index is 1.44. The minimum absolute atomic E-state index is 0.0215. The third-order valence-electron chi connectivity index (χ3n) is 3.86. The predicted octanol–water partition coefficient (Wildman–Crippen LogP) is 5.30. The molecule has 0 radical (unpaired) electrons. The molecule has 0 atom stereocenters. The van der Waals surface area contributed by atoms with E-state index in [4.69, 9.17) is 32.7 Å². The maximum absolute atomic E-state index is 12.5. The summed E-state index contributed by atoms with van der Waals surface area (Å²) in [5.74, 6) is -0.139. The van der Waals surface area contributed by atoms with Gasteiger partial charge in [-0.25, -0.2) is 19.7 Å². The van der Waals surface area contributed by atoms with Crippen LogP contribution in [0.15, 0.2) is 54.9 Å². The fourth-order valence-corrected chi connectivity index (χ4v) is 3.99. The van der Waals surface area contributed by atoms with Crippen molar-refractivity contribution in [3.8, 4) is 16.5 Å². The van der Waals surface area contributed by atoms with Crippen molar-refractivity contribution in [2.24, 2.45) is 0 Å². The van der Waals surface area contributed by atoms with E-state index in [0.717, 1.165) is 10.2 Å². The molecule has 2 aromatic carbocycles. The molecule has 0 bridgehead atoms. The summed E-state index contributed by atoms with van der Waals surface area (Å²) >= 11 is 13.3. The van der Waals surface area contributed by atoms with Gasteiger partial charge in [0.1, 0.15) is 29.7 Å². The molecule has 4 aromatic rings. The van der Waals surface area contributed by atoms with Gasteiger partial charge in [-0.05, 0) is 30.3 Å². The number of esters is 1. The van der Waals surface area contributed by atoms with Crippen molar-refractivity contribution in [1.29, 1.82) is 0 Å². The van der Waals surface area contributed by atoms with Gasteiger partial charge in [0, 0.05) is 17.4 Å². The molecule has 0 saturated carbocycles. The van der Waals surface area contributed by atoms with Crippen LogP contribution in [-0.4, -0.2) is 34.1 Å². The van der Waals surface area contributed by atoms with Crippen molar-refractivity contribution < 1.29 is 14.3 Å². The molecule has 9 heteroatoms. The van der Waals surface area contributed by atoms with Gasteiger partial charge >= 0.3 is 5.97 Å². The lowest BCUT2D eigenvalue weighted by atomic mass is 10.3. The van der Waals surface area contributed by atoms with E-state index < -0.39 is 5.97 Å². The Labute approximate surface area is 180 Å². The van der Waals surface area contributed by atoms with Crippen LogP contribution in [0.25, 0.3) is 20.9 Å². The summed E-state index contributed by atoms with van der Waals surface area (Å²) < 4.78 is 11.8. The summed E-state index contributed by atoms with van der Waals surface area (Å²) in [4.78, 5) is 25.5. The molecule has 2 heterocycles. The summed E-state index contributed by atoms with van der Waals surface area (Å²) in [6.45, 7) is 0.150. The van der Waals surface area contributed by atoms with Crippen LogP contribution in [-0.2, 0) is 4.74 Å². The lowest BCUT2D eigenvalue weighted by molar-refractivity contribution is 0.0444. The molecule has 146 valence electrons. The van der Waals surface area contributed by atoms with Crippen molar-refractivity contribution in [1.82, 2.24) is 15.0 Å². The highest BCUT2D eigenvalue weighted by molar-refractivity contribution is 7.21. The molecular formula is C20H13Cl2N3O3S. The van der Waals surface area contributed by atoms with Gasteiger partial charge in [-0.3, -0.25) is 0 Å². The average Bonchev–Trinajstić information content (AvgIpc) is 3.16. The Morgan fingerprint density at radius 2 is 1.86 bits per heavy atom. The summed E-state index contributed by atoms with van der Waals surface area (Å²) in [6.07, 6.45) is 2.96. The van der Waals surface area contributed by atoms with Gasteiger partial charge in [0.25, 0.3) is 0 Å². The number of para-hydroxylation sites is 1. The number of hydrogen-bond donors (Lipinski definition) is 0. The summed E-state index contributed by atoms with van der Waals surface area (Å²) in [5.41, 5.74) is 1.34. The number of carbonyl (C=O) groups is 1. The first-order valence-electron chi connectivity index (χ1n) is 8.54. The van der Waals surface area contributed by atoms with Gasteiger partial charge in [0.2, 0.25) is 0 Å². The van der Waals surface area contributed by atoms with Crippen molar-refractivity contribution in [3.63, 3.8) is 0 Å². The number of thiazole rings is 1. The zero-order chi connectivity index (χ0) is 20.2. The average molecular weight is 446 g/mol. The van der Waals surface area contributed by atoms with Crippen LogP contribution in [0.4, 0.5) is 0 Å². The van der Waals surface area contributed by atoms with E-state index in [9.17, 15) is 4.79 Å². The Kier molecular flexibility index (Phi) is 5.89. The van der Waals surface area contributed by atoms with E-state index in [1.165, 1.54) is 23.7 Å². The van der Waals surface area contributed by atoms with Crippen molar-refractivity contribution in [2.45, 2.75) is 0 Å². The molecule has 0 aliphatic heterocycles. The molecule has 29 heavy (non-hydrogen) atoms. The number of aromatic nitrogens is 3. The van der Waals surface area contributed by atoms with Gasteiger partial charge in [-0.2, -0.15) is 0 Å². The molecule has 2 aromatic heterocycles. The van der Waals surface area contributed by atoms with Gasteiger partial charge in [0.15, 0.2) is 5.69 Å². The van der Waals surface area contributed by atoms with Gasteiger partial charge < -0.3 is 9.47 Å². The van der Waals surface area contributed by atoms with E-state index in [0.29, 0.717) is 26.5 Å². The van der Waals surface area contributed by atoms with Gasteiger partial charge in [-0.1, -0.05) is 35.3 Å². The zero-order valence-corrected chi connectivity index (χ0v) is 17.2.